The molecule has 0 saturated carbocycles. The summed E-state index contributed by atoms with van der Waals surface area (Å²) in [6, 6.07) is 5.36. The van der Waals surface area contributed by atoms with Crippen molar-refractivity contribution >= 4 is 50.9 Å². The van der Waals surface area contributed by atoms with E-state index in [1.54, 1.807) is 29.7 Å². The van der Waals surface area contributed by atoms with E-state index in [1.165, 1.54) is 22.2 Å². The molecule has 0 fully saturated rings. The lowest BCUT2D eigenvalue weighted by atomic mass is 9.96. The topological polar surface area (TPSA) is 103 Å². The maximum atomic E-state index is 12.1. The number of hydrogen-bond acceptors (Lipinski definition) is 8. The molecule has 0 saturated heterocycles. The summed E-state index contributed by atoms with van der Waals surface area (Å²) >= 11 is 2.86. The van der Waals surface area contributed by atoms with Crippen LogP contribution in [0.15, 0.2) is 29.6 Å². The van der Waals surface area contributed by atoms with Crippen molar-refractivity contribution in [2.45, 2.75) is 38.1 Å². The minimum Gasteiger partial charge on any atom is -0.383 e. The Hall–Kier alpha value is -2.23. The van der Waals surface area contributed by atoms with E-state index in [9.17, 15) is 4.79 Å². The Morgan fingerprint density at radius 2 is 2.29 bits per heavy atom. The van der Waals surface area contributed by atoms with Gasteiger partial charge in [0.2, 0.25) is 5.91 Å². The minimum atomic E-state index is -0.162. The highest BCUT2D eigenvalue weighted by Gasteiger charge is 2.27. The molecular weight excluding hydrogens is 394 g/mol. The third kappa shape index (κ3) is 3.96. The highest BCUT2D eigenvalue weighted by Crippen LogP contribution is 2.39. The number of anilines is 2. The molecule has 1 atom stereocenters. The molecule has 4 heterocycles. The van der Waals surface area contributed by atoms with E-state index in [2.05, 4.69) is 34.1 Å². The second-order valence-electron chi connectivity index (χ2n) is 6.92. The zero-order valence-electron chi connectivity index (χ0n) is 15.6. The molecule has 28 heavy (non-hydrogen) atoms. The quantitative estimate of drug-likeness (QED) is 0.485. The molecule has 4 rings (SSSR count). The van der Waals surface area contributed by atoms with Crippen LogP contribution in [0.2, 0.25) is 0 Å². The number of fused-ring (bicyclic) bond motifs is 3. The van der Waals surface area contributed by atoms with Crippen molar-refractivity contribution in [1.82, 2.24) is 15.0 Å². The molecule has 0 unspecified atom stereocenters. The summed E-state index contributed by atoms with van der Waals surface area (Å²) in [7, 11) is 0. The lowest BCUT2D eigenvalue weighted by Crippen LogP contribution is -2.26. The summed E-state index contributed by atoms with van der Waals surface area (Å²) in [6.45, 7) is 4.91. The van der Waals surface area contributed by atoms with Gasteiger partial charge < -0.3 is 15.8 Å². The van der Waals surface area contributed by atoms with Gasteiger partial charge in [-0.05, 0) is 23.6 Å². The maximum absolute atomic E-state index is 12.1. The number of ether oxygens (including phenoxy) is 1. The smallest absolute Gasteiger partial charge is 0.236 e. The first kappa shape index (κ1) is 19.1. The van der Waals surface area contributed by atoms with Crippen molar-refractivity contribution in [1.29, 1.82) is 0 Å². The summed E-state index contributed by atoms with van der Waals surface area (Å²) in [4.78, 5) is 27.3. The molecule has 1 amide bonds. The van der Waals surface area contributed by atoms with Gasteiger partial charge in [0, 0.05) is 17.5 Å². The van der Waals surface area contributed by atoms with Crippen LogP contribution in [-0.2, 0) is 22.6 Å². The normalized spacial score (nSPS) is 16.3. The van der Waals surface area contributed by atoms with Crippen LogP contribution < -0.4 is 11.1 Å². The number of carbonyl (C=O) groups excluding carboxylic acids is 1. The van der Waals surface area contributed by atoms with Crippen LogP contribution in [0.1, 0.15) is 24.3 Å². The number of rotatable bonds is 5. The standard InChI is InChI=1S/C19H21N5O2S2/c1-10(2)12-7-11-13(8-26-12)28-18-16(11)17(20)23-19(24-18)27-9-15(25)22-14-5-3-4-6-21-14/h3-6,10,12H,7-9H2,1-2H3,(H2,20,23,24)(H,21,22,25)/t12-/m0/s1. The third-order valence-corrected chi connectivity index (χ3v) is 6.53. The van der Waals surface area contributed by atoms with Crippen molar-refractivity contribution in [2.75, 3.05) is 16.8 Å². The van der Waals surface area contributed by atoms with Crippen molar-refractivity contribution in [3.8, 4) is 0 Å². The zero-order valence-corrected chi connectivity index (χ0v) is 17.3. The van der Waals surface area contributed by atoms with Gasteiger partial charge in [-0.3, -0.25) is 4.79 Å². The van der Waals surface area contributed by atoms with Gasteiger partial charge in [0.15, 0.2) is 5.16 Å². The van der Waals surface area contributed by atoms with E-state index in [4.69, 9.17) is 10.5 Å². The number of thiophene rings is 1. The SMILES string of the molecule is CC(C)[C@@H]1Cc2c(sc3nc(SCC(=O)Nc4ccccn4)nc(N)c23)CO1. The number of nitrogen functional groups attached to an aromatic ring is 1. The van der Waals surface area contributed by atoms with Crippen LogP contribution in [0.3, 0.4) is 0 Å². The Morgan fingerprint density at radius 1 is 1.43 bits per heavy atom. The number of aromatic nitrogens is 3. The van der Waals surface area contributed by atoms with Gasteiger partial charge >= 0.3 is 0 Å². The summed E-state index contributed by atoms with van der Waals surface area (Å²) in [5.41, 5.74) is 7.48. The first-order valence-electron chi connectivity index (χ1n) is 9.04. The molecule has 0 bridgehead atoms. The predicted octanol–water partition coefficient (Wildman–Crippen LogP) is 3.50. The van der Waals surface area contributed by atoms with E-state index >= 15 is 0 Å². The van der Waals surface area contributed by atoms with Gasteiger partial charge in [0.1, 0.15) is 16.5 Å². The van der Waals surface area contributed by atoms with E-state index in [-0.39, 0.29) is 17.8 Å². The van der Waals surface area contributed by atoms with Crippen LogP contribution in [-0.4, -0.2) is 32.7 Å². The molecule has 3 aromatic rings. The lowest BCUT2D eigenvalue weighted by Gasteiger charge is -2.26. The van der Waals surface area contributed by atoms with Crippen molar-refractivity contribution < 1.29 is 9.53 Å². The zero-order chi connectivity index (χ0) is 19.7. The lowest BCUT2D eigenvalue weighted by molar-refractivity contribution is -0.113. The molecular formula is C19H21N5O2S2. The molecule has 1 aliphatic heterocycles. The van der Waals surface area contributed by atoms with Gasteiger partial charge in [-0.1, -0.05) is 31.7 Å². The minimum absolute atomic E-state index is 0.162. The Labute approximate surface area is 171 Å². The fourth-order valence-electron chi connectivity index (χ4n) is 3.13. The summed E-state index contributed by atoms with van der Waals surface area (Å²) in [5, 5.41) is 4.19. The van der Waals surface area contributed by atoms with Crippen LogP contribution in [0.5, 0.6) is 0 Å². The van der Waals surface area contributed by atoms with Crippen LogP contribution in [0, 0.1) is 5.92 Å². The average Bonchev–Trinajstić information content (AvgIpc) is 3.05. The molecule has 3 aromatic heterocycles. The number of pyridine rings is 1. The van der Waals surface area contributed by atoms with Gasteiger partial charge in [-0.2, -0.15) is 0 Å². The molecule has 7 nitrogen and oxygen atoms in total. The fraction of sp³-hybridized carbons (Fsp3) is 0.368. The molecule has 0 aliphatic carbocycles. The fourth-order valence-corrected chi connectivity index (χ4v) is 4.97. The number of nitrogens with zero attached hydrogens (tertiary/aromatic N) is 3. The molecule has 0 radical (unpaired) electrons. The van der Waals surface area contributed by atoms with Gasteiger partial charge in [0.25, 0.3) is 0 Å². The number of amides is 1. The number of nitrogens with two attached hydrogens (primary N) is 1. The van der Waals surface area contributed by atoms with E-state index in [0.717, 1.165) is 16.6 Å². The van der Waals surface area contributed by atoms with Crippen LogP contribution in [0.25, 0.3) is 10.2 Å². The van der Waals surface area contributed by atoms with Gasteiger partial charge in [0.05, 0.1) is 23.8 Å². The number of hydrogen-bond donors (Lipinski definition) is 2. The van der Waals surface area contributed by atoms with Crippen molar-refractivity contribution in [2.24, 2.45) is 5.92 Å². The van der Waals surface area contributed by atoms with E-state index < -0.39 is 0 Å². The van der Waals surface area contributed by atoms with E-state index in [0.29, 0.717) is 29.3 Å². The second-order valence-corrected chi connectivity index (χ2v) is 8.95. The highest BCUT2D eigenvalue weighted by atomic mass is 32.2. The number of nitrogens with one attached hydrogen (secondary N) is 1. The van der Waals surface area contributed by atoms with Gasteiger partial charge in [-0.25, -0.2) is 15.0 Å². The Bertz CT molecular complexity index is 1010. The monoisotopic (exact) mass is 415 g/mol. The first-order valence-corrected chi connectivity index (χ1v) is 10.8. The van der Waals surface area contributed by atoms with E-state index in [1.807, 2.05) is 6.07 Å². The highest BCUT2D eigenvalue weighted by molar-refractivity contribution is 7.99. The second kappa shape index (κ2) is 8.02. The van der Waals surface area contributed by atoms with Crippen molar-refractivity contribution in [3.63, 3.8) is 0 Å². The predicted molar refractivity (Wildman–Crippen MR) is 113 cm³/mol. The van der Waals surface area contributed by atoms with Crippen molar-refractivity contribution in [3.05, 3.63) is 34.8 Å². The summed E-state index contributed by atoms with van der Waals surface area (Å²) < 4.78 is 5.96. The van der Waals surface area contributed by atoms with Crippen LogP contribution >= 0.6 is 23.1 Å². The molecule has 0 spiro atoms. The largest absolute Gasteiger partial charge is 0.383 e. The summed E-state index contributed by atoms with van der Waals surface area (Å²) in [5.74, 6) is 1.46. The average molecular weight is 416 g/mol. The van der Waals surface area contributed by atoms with Gasteiger partial charge in [-0.15, -0.1) is 11.3 Å². The summed E-state index contributed by atoms with van der Waals surface area (Å²) in [6.07, 6.45) is 2.65. The Kier molecular flexibility index (Phi) is 5.47. The molecule has 1 aliphatic rings. The molecule has 146 valence electrons. The molecule has 0 aromatic carbocycles. The number of thioether (sulfide) groups is 1. The number of carbonyl (C=O) groups is 1. The first-order chi connectivity index (χ1) is 13.5. The molecule has 9 heteroatoms. The van der Waals surface area contributed by atoms with Crippen LogP contribution in [0.4, 0.5) is 11.6 Å². The Balaban J connectivity index is 1.50. The maximum Gasteiger partial charge on any atom is 0.236 e. The third-order valence-electron chi connectivity index (χ3n) is 4.58. The molecule has 3 N–H and O–H groups in total. The Morgan fingerprint density at radius 3 is 3.04 bits per heavy atom.